The van der Waals surface area contributed by atoms with Crippen LogP contribution >= 0.6 is 22.6 Å². The van der Waals surface area contributed by atoms with Crippen molar-refractivity contribution < 1.29 is 19.0 Å². The first-order valence-corrected chi connectivity index (χ1v) is 5.60. The van der Waals surface area contributed by atoms with E-state index in [9.17, 15) is 9.18 Å². The van der Waals surface area contributed by atoms with E-state index in [1.807, 2.05) is 22.6 Å². The van der Waals surface area contributed by atoms with Crippen LogP contribution in [0.25, 0.3) is 0 Å². The Balaban J connectivity index is 2.94. The first kappa shape index (κ1) is 13.2. The third-order valence-corrected chi connectivity index (χ3v) is 2.90. The summed E-state index contributed by atoms with van der Waals surface area (Å²) in [7, 11) is 0. The Hall–Kier alpha value is -0.890. The van der Waals surface area contributed by atoms with Gasteiger partial charge in [0.2, 0.25) is 0 Å². The smallest absolute Gasteiger partial charge is 0.325 e. The third-order valence-electron chi connectivity index (χ3n) is 1.91. The van der Waals surface area contributed by atoms with Crippen LogP contribution in [0.2, 0.25) is 0 Å². The van der Waals surface area contributed by atoms with Gasteiger partial charge in [-0.1, -0.05) is 0 Å². The van der Waals surface area contributed by atoms with Gasteiger partial charge in [0.15, 0.2) is 0 Å². The molecule has 0 aromatic heterocycles. The number of aliphatic carboxylic acids is 1. The van der Waals surface area contributed by atoms with Gasteiger partial charge in [-0.25, -0.2) is 4.39 Å². The van der Waals surface area contributed by atoms with Crippen molar-refractivity contribution >= 4 is 28.6 Å². The van der Waals surface area contributed by atoms with Crippen LogP contribution in [-0.2, 0) is 4.79 Å². The number of alkyl halides is 1. The number of carboxylic acid groups (broad SMARTS) is 1. The highest BCUT2D eigenvalue weighted by atomic mass is 127. The molecule has 0 aliphatic rings. The molecular weight excluding hydrogens is 328 g/mol. The van der Waals surface area contributed by atoms with Crippen LogP contribution in [0.15, 0.2) is 18.2 Å². The Bertz CT molecular complexity index is 386. The standard InChI is InChI=1S/C10H11FINO3/c11-3-4-16-6-1-2-8(12)7(5-6)9(13)10(14)15/h1-2,5,9H,3-4,13H2,(H,14,15). The first-order chi connectivity index (χ1) is 7.56. The summed E-state index contributed by atoms with van der Waals surface area (Å²) in [6, 6.07) is 3.76. The highest BCUT2D eigenvalue weighted by Crippen LogP contribution is 2.24. The van der Waals surface area contributed by atoms with Gasteiger partial charge in [0.1, 0.15) is 25.1 Å². The number of ether oxygens (including phenoxy) is 1. The number of rotatable bonds is 5. The molecule has 0 spiro atoms. The highest BCUT2D eigenvalue weighted by Gasteiger charge is 2.17. The molecule has 88 valence electrons. The Labute approximate surface area is 106 Å². The summed E-state index contributed by atoms with van der Waals surface area (Å²) in [5, 5.41) is 8.80. The minimum Gasteiger partial charge on any atom is -0.491 e. The van der Waals surface area contributed by atoms with Gasteiger partial charge in [-0.2, -0.15) is 0 Å². The molecule has 3 N–H and O–H groups in total. The molecule has 0 aliphatic heterocycles. The molecule has 0 heterocycles. The van der Waals surface area contributed by atoms with Crippen LogP contribution in [-0.4, -0.2) is 24.4 Å². The fourth-order valence-electron chi connectivity index (χ4n) is 1.14. The summed E-state index contributed by atoms with van der Waals surface area (Å²) in [4.78, 5) is 10.7. The maximum absolute atomic E-state index is 11.9. The van der Waals surface area contributed by atoms with E-state index in [1.54, 1.807) is 12.1 Å². The molecule has 16 heavy (non-hydrogen) atoms. The lowest BCUT2D eigenvalue weighted by atomic mass is 10.1. The molecule has 0 bridgehead atoms. The minimum atomic E-state index is -1.11. The van der Waals surface area contributed by atoms with E-state index in [1.165, 1.54) is 6.07 Å². The Morgan fingerprint density at radius 3 is 2.88 bits per heavy atom. The molecule has 0 radical (unpaired) electrons. The molecule has 1 atom stereocenters. The van der Waals surface area contributed by atoms with E-state index in [2.05, 4.69) is 0 Å². The van der Waals surface area contributed by atoms with Gasteiger partial charge in [0.25, 0.3) is 0 Å². The van der Waals surface area contributed by atoms with Crippen molar-refractivity contribution in [1.29, 1.82) is 0 Å². The number of carbonyl (C=O) groups is 1. The van der Waals surface area contributed by atoms with Crippen LogP contribution < -0.4 is 10.5 Å². The SMILES string of the molecule is NC(C(=O)O)c1cc(OCCF)ccc1I. The predicted molar refractivity (Wildman–Crippen MR) is 65.2 cm³/mol. The maximum atomic E-state index is 11.9. The van der Waals surface area contributed by atoms with Crippen molar-refractivity contribution in [3.05, 3.63) is 27.3 Å². The van der Waals surface area contributed by atoms with Gasteiger partial charge >= 0.3 is 5.97 Å². The van der Waals surface area contributed by atoms with E-state index in [0.717, 1.165) is 3.57 Å². The van der Waals surface area contributed by atoms with Gasteiger partial charge in [-0.05, 0) is 46.4 Å². The lowest BCUT2D eigenvalue weighted by molar-refractivity contribution is -0.138. The molecule has 0 amide bonds. The molecule has 0 saturated heterocycles. The summed E-state index contributed by atoms with van der Waals surface area (Å²) >= 11 is 1.99. The van der Waals surface area contributed by atoms with Crippen LogP contribution in [0, 0.1) is 3.57 Å². The van der Waals surface area contributed by atoms with Crippen molar-refractivity contribution in [3.63, 3.8) is 0 Å². The molecule has 0 saturated carbocycles. The Kier molecular flexibility index (Phi) is 4.94. The van der Waals surface area contributed by atoms with Crippen LogP contribution in [0.4, 0.5) is 4.39 Å². The van der Waals surface area contributed by atoms with E-state index in [-0.39, 0.29) is 6.61 Å². The first-order valence-electron chi connectivity index (χ1n) is 4.53. The van der Waals surface area contributed by atoms with Gasteiger partial charge in [0, 0.05) is 3.57 Å². The van der Waals surface area contributed by atoms with Gasteiger partial charge in [-0.3, -0.25) is 4.79 Å². The van der Waals surface area contributed by atoms with Crippen molar-refractivity contribution in [3.8, 4) is 5.75 Å². The maximum Gasteiger partial charge on any atom is 0.325 e. The second-order valence-corrected chi connectivity index (χ2v) is 4.20. The highest BCUT2D eigenvalue weighted by molar-refractivity contribution is 14.1. The quantitative estimate of drug-likeness (QED) is 0.802. The van der Waals surface area contributed by atoms with E-state index in [4.69, 9.17) is 15.6 Å². The fourth-order valence-corrected chi connectivity index (χ4v) is 1.81. The van der Waals surface area contributed by atoms with Crippen LogP contribution in [0.5, 0.6) is 5.75 Å². The largest absolute Gasteiger partial charge is 0.491 e. The summed E-state index contributed by atoms with van der Waals surface area (Å²) < 4.78 is 17.7. The predicted octanol–water partition coefficient (Wildman–Crippen LogP) is 1.72. The lowest BCUT2D eigenvalue weighted by Crippen LogP contribution is -2.21. The van der Waals surface area contributed by atoms with Crippen LogP contribution in [0.3, 0.4) is 0 Å². The van der Waals surface area contributed by atoms with Crippen LogP contribution in [0.1, 0.15) is 11.6 Å². The van der Waals surface area contributed by atoms with Crippen molar-refractivity contribution in [2.24, 2.45) is 5.73 Å². The number of nitrogens with two attached hydrogens (primary N) is 1. The molecule has 1 rings (SSSR count). The lowest BCUT2D eigenvalue weighted by Gasteiger charge is -2.11. The molecule has 1 aromatic rings. The molecule has 1 unspecified atom stereocenters. The normalized spacial score (nSPS) is 12.2. The number of halogens is 2. The monoisotopic (exact) mass is 339 g/mol. The van der Waals surface area contributed by atoms with Gasteiger partial charge in [0.05, 0.1) is 0 Å². The summed E-state index contributed by atoms with van der Waals surface area (Å²) in [5.41, 5.74) is 5.96. The Morgan fingerprint density at radius 1 is 1.62 bits per heavy atom. The number of benzene rings is 1. The molecule has 4 nitrogen and oxygen atoms in total. The molecule has 0 fully saturated rings. The molecule has 6 heteroatoms. The second-order valence-electron chi connectivity index (χ2n) is 3.04. The topological polar surface area (TPSA) is 72.6 Å². The van der Waals surface area contributed by atoms with E-state index < -0.39 is 18.7 Å². The summed E-state index contributed by atoms with van der Waals surface area (Å²) in [6.07, 6.45) is 0. The fraction of sp³-hybridized carbons (Fsp3) is 0.300. The van der Waals surface area contributed by atoms with E-state index >= 15 is 0 Å². The number of carboxylic acids is 1. The zero-order valence-electron chi connectivity index (χ0n) is 8.32. The number of hydrogen-bond donors (Lipinski definition) is 2. The number of hydrogen-bond acceptors (Lipinski definition) is 3. The Morgan fingerprint density at radius 2 is 2.31 bits per heavy atom. The average Bonchev–Trinajstić information content (AvgIpc) is 2.27. The third kappa shape index (κ3) is 3.31. The van der Waals surface area contributed by atoms with E-state index in [0.29, 0.717) is 11.3 Å². The van der Waals surface area contributed by atoms with Crippen molar-refractivity contribution in [1.82, 2.24) is 0 Å². The molecule has 0 aliphatic carbocycles. The van der Waals surface area contributed by atoms with Crippen molar-refractivity contribution in [2.75, 3.05) is 13.3 Å². The summed E-state index contributed by atoms with van der Waals surface area (Å²) in [6.45, 7) is -0.644. The zero-order valence-corrected chi connectivity index (χ0v) is 10.5. The molecular formula is C10H11FINO3. The average molecular weight is 339 g/mol. The zero-order chi connectivity index (χ0) is 12.1. The second kappa shape index (κ2) is 6.00. The van der Waals surface area contributed by atoms with Gasteiger partial charge in [-0.15, -0.1) is 0 Å². The van der Waals surface area contributed by atoms with Crippen molar-refractivity contribution in [2.45, 2.75) is 6.04 Å². The minimum absolute atomic E-state index is 0.0532. The molecule has 1 aromatic carbocycles. The summed E-state index contributed by atoms with van der Waals surface area (Å²) in [5.74, 6) is -0.690. The van der Waals surface area contributed by atoms with Gasteiger partial charge < -0.3 is 15.6 Å².